The van der Waals surface area contributed by atoms with E-state index >= 15 is 0 Å². The van der Waals surface area contributed by atoms with E-state index in [0.29, 0.717) is 5.56 Å². The summed E-state index contributed by atoms with van der Waals surface area (Å²) < 4.78 is 0. The van der Waals surface area contributed by atoms with E-state index in [2.05, 4.69) is 26.6 Å². The average Bonchev–Trinajstić information content (AvgIpc) is 3.12. The van der Waals surface area contributed by atoms with Crippen LogP contribution in [0.5, 0.6) is 5.75 Å². The summed E-state index contributed by atoms with van der Waals surface area (Å²) in [5, 5.41) is 43.0. The van der Waals surface area contributed by atoms with Crippen LogP contribution in [-0.4, -0.2) is 87.6 Å². The number of carbonyl (C=O) groups excluding carboxylic acids is 5. The summed E-state index contributed by atoms with van der Waals surface area (Å²) in [6, 6.07) is 15.1. The van der Waals surface area contributed by atoms with E-state index in [-0.39, 0.29) is 47.9 Å². The van der Waals surface area contributed by atoms with Crippen LogP contribution in [0.3, 0.4) is 0 Å². The van der Waals surface area contributed by atoms with Gasteiger partial charge in [-0.2, -0.15) is 0 Å². The number of hydrogen-bond donors (Lipinski definition) is 9. The van der Waals surface area contributed by atoms with Crippen LogP contribution in [0.1, 0.15) is 60.4 Å². The lowest BCUT2D eigenvalue weighted by atomic mass is 9.97. The summed E-state index contributed by atoms with van der Waals surface area (Å²) >= 11 is 0. The zero-order chi connectivity index (χ0) is 39.2. The molecule has 5 amide bonds. The van der Waals surface area contributed by atoms with Gasteiger partial charge in [-0.1, -0.05) is 64.1 Å². The molecule has 0 spiro atoms. The van der Waals surface area contributed by atoms with Crippen LogP contribution in [0.4, 0.5) is 5.69 Å². The molecule has 0 heterocycles. The number of phenolic OH excluding ortho intramolecular Hbond substituents is 1. The van der Waals surface area contributed by atoms with Crippen LogP contribution < -0.4 is 32.3 Å². The van der Waals surface area contributed by atoms with Gasteiger partial charge in [0.2, 0.25) is 17.7 Å². The third-order valence-corrected chi connectivity index (χ3v) is 8.19. The first-order valence-corrected chi connectivity index (χ1v) is 17.2. The second-order valence-electron chi connectivity index (χ2n) is 13.4. The fourth-order valence-electron chi connectivity index (χ4n) is 5.29. The Kier molecular flexibility index (Phi) is 15.5. The summed E-state index contributed by atoms with van der Waals surface area (Å²) in [5.41, 5.74) is 7.02. The Hall–Kier alpha value is -5.80. The zero-order valence-corrected chi connectivity index (χ0v) is 30.0. The molecule has 15 nitrogen and oxygen atoms in total. The molecule has 0 aromatic heterocycles. The van der Waals surface area contributed by atoms with Crippen molar-refractivity contribution in [2.45, 2.75) is 70.8 Å². The van der Waals surface area contributed by atoms with Crippen molar-refractivity contribution >= 4 is 41.2 Å². The van der Waals surface area contributed by atoms with Gasteiger partial charge in [-0.25, -0.2) is 4.79 Å². The highest BCUT2D eigenvalue weighted by Crippen LogP contribution is 2.15. The van der Waals surface area contributed by atoms with Crippen molar-refractivity contribution in [1.29, 1.82) is 0 Å². The minimum absolute atomic E-state index is 0.0152. The third-order valence-electron chi connectivity index (χ3n) is 8.19. The van der Waals surface area contributed by atoms with Crippen molar-refractivity contribution in [3.63, 3.8) is 0 Å². The van der Waals surface area contributed by atoms with Gasteiger partial charge in [-0.15, -0.1) is 0 Å². The number of aromatic hydroxyl groups is 1. The van der Waals surface area contributed by atoms with Gasteiger partial charge in [0.1, 0.15) is 23.9 Å². The normalized spacial score (nSPS) is 13.9. The van der Waals surface area contributed by atoms with Gasteiger partial charge in [0.15, 0.2) is 6.10 Å². The van der Waals surface area contributed by atoms with Crippen molar-refractivity contribution in [1.82, 2.24) is 21.3 Å². The Morgan fingerprint density at radius 3 is 2.00 bits per heavy atom. The quantitative estimate of drug-likeness (QED) is 0.0913. The number of hydrogen-bond acceptors (Lipinski definition) is 9. The summed E-state index contributed by atoms with van der Waals surface area (Å²) in [7, 11) is 0. The molecule has 284 valence electrons. The number of benzene rings is 3. The lowest BCUT2D eigenvalue weighted by molar-refractivity contribution is -0.134. The summed E-state index contributed by atoms with van der Waals surface area (Å²) in [6.07, 6.45) is -1.59. The van der Waals surface area contributed by atoms with Crippen LogP contribution in [0.2, 0.25) is 0 Å². The first-order valence-electron chi connectivity index (χ1n) is 17.2. The highest BCUT2D eigenvalue weighted by Gasteiger charge is 2.34. The van der Waals surface area contributed by atoms with E-state index < -0.39 is 71.7 Å². The Morgan fingerprint density at radius 1 is 0.736 bits per heavy atom. The smallest absolute Gasteiger partial charge is 0.335 e. The summed E-state index contributed by atoms with van der Waals surface area (Å²) in [4.78, 5) is 77.5. The molecule has 0 radical (unpaired) electrons. The fraction of sp³-hybridized carbons (Fsp3) is 0.368. The molecule has 0 bridgehead atoms. The lowest BCUT2D eigenvalue weighted by Gasteiger charge is -2.29. The topological polar surface area (TPSA) is 249 Å². The number of rotatable bonds is 18. The first-order chi connectivity index (χ1) is 25.0. The first kappa shape index (κ1) is 41.6. The van der Waals surface area contributed by atoms with Crippen molar-refractivity contribution in [3.8, 4) is 5.75 Å². The minimum atomic E-state index is -1.79. The number of aromatic carboxylic acids is 1. The molecule has 0 saturated carbocycles. The molecule has 0 aliphatic heterocycles. The lowest BCUT2D eigenvalue weighted by Crippen LogP contribution is -2.60. The van der Waals surface area contributed by atoms with Gasteiger partial charge in [-0.3, -0.25) is 24.0 Å². The number of aliphatic hydroxyl groups is 1. The Balaban J connectivity index is 1.73. The maximum Gasteiger partial charge on any atom is 0.335 e. The van der Waals surface area contributed by atoms with Gasteiger partial charge in [0, 0.05) is 17.8 Å². The van der Waals surface area contributed by atoms with E-state index in [9.17, 15) is 44.1 Å². The standard InChI is InChI=1S/C38H48N6O9/c1-21(2)17-30(43-36(50)31(22(3)4)44-34(48)28(39)20-40-33(47)24-13-15-27(45)16-14-24)35(49)42-29(18-23-9-6-5-7-10-23)32(46)37(51)41-26-12-8-11-25(19-26)38(52)53/h5-16,19,21-22,28-32,45-46H,17-18,20,39H2,1-4H3,(H,40,47)(H,41,51)(H,42,49)(H,43,50)(H,44,48)(H,52,53)/t28-,29-,30-,31-,32+/m0/s1. The number of amides is 5. The SMILES string of the molecule is CC(C)C[C@H](NC(=O)[C@@H](NC(=O)[C@@H](N)CNC(=O)c1ccc(O)cc1)C(C)C)C(=O)N[C@@H](Cc1ccccc1)[C@@H](O)C(=O)Nc1cccc(C(=O)O)c1. The molecule has 3 rings (SSSR count). The molecule has 5 atom stereocenters. The zero-order valence-electron chi connectivity index (χ0n) is 30.0. The molecule has 3 aromatic rings. The van der Waals surface area contributed by atoms with E-state index in [1.807, 2.05) is 13.8 Å². The third kappa shape index (κ3) is 13.0. The predicted molar refractivity (Wildman–Crippen MR) is 197 cm³/mol. The second-order valence-corrected chi connectivity index (χ2v) is 13.4. The number of nitrogens with one attached hydrogen (secondary N) is 5. The molecule has 0 fully saturated rings. The van der Waals surface area contributed by atoms with Crippen molar-refractivity contribution in [2.75, 3.05) is 11.9 Å². The van der Waals surface area contributed by atoms with E-state index in [1.54, 1.807) is 44.2 Å². The molecule has 15 heteroatoms. The highest BCUT2D eigenvalue weighted by atomic mass is 16.4. The molecule has 0 unspecified atom stereocenters. The highest BCUT2D eigenvalue weighted by molar-refractivity contribution is 5.98. The predicted octanol–water partition coefficient (Wildman–Crippen LogP) is 1.55. The number of anilines is 1. The number of phenols is 1. The molecule has 0 aliphatic rings. The fourth-order valence-corrected chi connectivity index (χ4v) is 5.29. The van der Waals surface area contributed by atoms with Gasteiger partial charge in [-0.05, 0) is 72.7 Å². The molecule has 0 aliphatic carbocycles. The monoisotopic (exact) mass is 732 g/mol. The van der Waals surface area contributed by atoms with Crippen molar-refractivity contribution < 1.29 is 44.1 Å². The van der Waals surface area contributed by atoms with Gasteiger partial charge >= 0.3 is 5.97 Å². The largest absolute Gasteiger partial charge is 0.508 e. The molecule has 53 heavy (non-hydrogen) atoms. The van der Waals surface area contributed by atoms with E-state index in [4.69, 9.17) is 5.73 Å². The molecule has 0 saturated heterocycles. The minimum Gasteiger partial charge on any atom is -0.508 e. The van der Waals surface area contributed by atoms with Gasteiger partial charge in [0.05, 0.1) is 11.6 Å². The van der Waals surface area contributed by atoms with Gasteiger partial charge < -0.3 is 47.6 Å². The Morgan fingerprint density at radius 2 is 1.40 bits per heavy atom. The van der Waals surface area contributed by atoms with E-state index in [0.717, 1.165) is 0 Å². The molecular weight excluding hydrogens is 684 g/mol. The average molecular weight is 733 g/mol. The van der Waals surface area contributed by atoms with Crippen LogP contribution in [-0.2, 0) is 25.6 Å². The number of carboxylic acids is 1. The molecule has 10 N–H and O–H groups in total. The number of nitrogens with two attached hydrogens (primary N) is 1. The molecular formula is C38H48N6O9. The summed E-state index contributed by atoms with van der Waals surface area (Å²) in [6.45, 7) is 6.82. The Bertz CT molecular complexity index is 1730. The van der Waals surface area contributed by atoms with Crippen LogP contribution >= 0.6 is 0 Å². The van der Waals surface area contributed by atoms with Crippen LogP contribution in [0.15, 0.2) is 78.9 Å². The maximum absolute atomic E-state index is 13.8. The molecule has 3 aromatic carbocycles. The Labute approximate surface area is 307 Å². The number of carbonyl (C=O) groups is 6. The van der Waals surface area contributed by atoms with Crippen LogP contribution in [0.25, 0.3) is 0 Å². The summed E-state index contributed by atoms with van der Waals surface area (Å²) in [5.74, 6) is -5.25. The number of carboxylic acid groups (broad SMARTS) is 1. The van der Waals surface area contributed by atoms with Crippen LogP contribution in [0, 0.1) is 11.8 Å². The maximum atomic E-state index is 13.8. The second kappa shape index (κ2) is 19.7. The van der Waals surface area contributed by atoms with Crippen molar-refractivity contribution in [2.24, 2.45) is 17.6 Å². The van der Waals surface area contributed by atoms with E-state index in [1.165, 1.54) is 48.5 Å². The van der Waals surface area contributed by atoms with Crippen molar-refractivity contribution in [3.05, 3.63) is 95.6 Å². The number of aliphatic hydroxyl groups excluding tert-OH is 1. The van der Waals surface area contributed by atoms with Gasteiger partial charge in [0.25, 0.3) is 11.8 Å².